The fraction of sp³-hybridized carbons (Fsp3) is 0.316. The molecule has 0 amide bonds. The van der Waals surface area contributed by atoms with Crippen molar-refractivity contribution in [1.82, 2.24) is 4.57 Å². The van der Waals surface area contributed by atoms with Gasteiger partial charge in [-0.25, -0.2) is 0 Å². The topological polar surface area (TPSA) is 83.1 Å². The van der Waals surface area contributed by atoms with Gasteiger partial charge in [-0.3, -0.25) is 14.2 Å². The van der Waals surface area contributed by atoms with Crippen molar-refractivity contribution in [3.8, 4) is 11.9 Å². The molecule has 124 valence electrons. The number of aryl methyl sites for hydroxylation is 1. The van der Waals surface area contributed by atoms with Crippen molar-refractivity contribution in [2.45, 2.75) is 34.2 Å². The Labute approximate surface area is 140 Å². The van der Waals surface area contributed by atoms with Crippen molar-refractivity contribution >= 4 is 5.78 Å². The summed E-state index contributed by atoms with van der Waals surface area (Å²) in [4.78, 5) is 25.4. The number of aromatic hydroxyl groups is 1. The molecule has 5 heteroatoms. The average Bonchev–Trinajstić information content (AvgIpc) is 2.52. The minimum absolute atomic E-state index is 0.0149. The molecule has 0 spiro atoms. The van der Waals surface area contributed by atoms with E-state index in [1.807, 2.05) is 26.0 Å². The number of hydrogen-bond acceptors (Lipinski definition) is 4. The Hall–Kier alpha value is -2.87. The lowest BCUT2D eigenvalue weighted by Crippen LogP contribution is -2.28. The highest BCUT2D eigenvalue weighted by Crippen LogP contribution is 2.26. The summed E-state index contributed by atoms with van der Waals surface area (Å²) in [7, 11) is 0. The summed E-state index contributed by atoms with van der Waals surface area (Å²) in [5.74, 6) is -0.695. The van der Waals surface area contributed by atoms with Gasteiger partial charge in [0.1, 0.15) is 11.6 Å². The number of pyridine rings is 1. The van der Waals surface area contributed by atoms with Crippen LogP contribution in [0.3, 0.4) is 0 Å². The molecular formula is C19H20N2O3. The SMILES string of the molecule is Cc1ccccc1C(=O)c1c(C)c(C#N)c(=O)n(CC(C)C)c1O. The van der Waals surface area contributed by atoms with E-state index in [0.29, 0.717) is 5.56 Å². The summed E-state index contributed by atoms with van der Waals surface area (Å²) in [5, 5.41) is 19.9. The quantitative estimate of drug-likeness (QED) is 0.877. The molecule has 0 aliphatic heterocycles. The molecule has 0 atom stereocenters. The first-order valence-electron chi connectivity index (χ1n) is 7.76. The summed E-state index contributed by atoms with van der Waals surface area (Å²) in [6.07, 6.45) is 0. The maximum Gasteiger partial charge on any atom is 0.271 e. The number of carbonyl (C=O) groups is 1. The fourth-order valence-electron chi connectivity index (χ4n) is 2.72. The first-order chi connectivity index (χ1) is 11.3. The third-order valence-corrected chi connectivity index (χ3v) is 3.96. The molecule has 24 heavy (non-hydrogen) atoms. The highest BCUT2D eigenvalue weighted by Gasteiger charge is 2.25. The van der Waals surface area contributed by atoms with Gasteiger partial charge in [-0.05, 0) is 30.9 Å². The smallest absolute Gasteiger partial charge is 0.271 e. The van der Waals surface area contributed by atoms with Gasteiger partial charge in [0.15, 0.2) is 5.78 Å². The Bertz CT molecular complexity index is 902. The first kappa shape index (κ1) is 17.5. The highest BCUT2D eigenvalue weighted by atomic mass is 16.3. The van der Waals surface area contributed by atoms with Crippen LogP contribution in [0.1, 0.15) is 46.5 Å². The van der Waals surface area contributed by atoms with Gasteiger partial charge in [0.2, 0.25) is 5.88 Å². The monoisotopic (exact) mass is 324 g/mol. The van der Waals surface area contributed by atoms with Crippen LogP contribution in [0, 0.1) is 31.1 Å². The van der Waals surface area contributed by atoms with E-state index in [9.17, 15) is 20.0 Å². The molecule has 0 saturated carbocycles. The Morgan fingerprint density at radius 2 is 1.92 bits per heavy atom. The van der Waals surface area contributed by atoms with Crippen LogP contribution in [0.15, 0.2) is 29.1 Å². The molecule has 0 unspecified atom stereocenters. The van der Waals surface area contributed by atoms with Crippen molar-refractivity contribution in [3.63, 3.8) is 0 Å². The molecule has 1 aromatic heterocycles. The molecule has 0 aliphatic rings. The summed E-state index contributed by atoms with van der Waals surface area (Å²) >= 11 is 0. The van der Waals surface area contributed by atoms with Gasteiger partial charge in [0, 0.05) is 12.1 Å². The van der Waals surface area contributed by atoms with Gasteiger partial charge in [0.05, 0.1) is 5.56 Å². The van der Waals surface area contributed by atoms with E-state index in [1.165, 1.54) is 6.92 Å². The van der Waals surface area contributed by atoms with E-state index >= 15 is 0 Å². The molecular weight excluding hydrogens is 304 g/mol. The van der Waals surface area contributed by atoms with Crippen LogP contribution in [0.2, 0.25) is 0 Å². The van der Waals surface area contributed by atoms with E-state index in [4.69, 9.17) is 0 Å². The summed E-state index contributed by atoms with van der Waals surface area (Å²) in [6, 6.07) is 8.89. The summed E-state index contributed by atoms with van der Waals surface area (Å²) < 4.78 is 1.11. The number of nitriles is 1. The lowest BCUT2D eigenvalue weighted by molar-refractivity contribution is 0.103. The molecule has 2 rings (SSSR count). The number of hydrogen-bond donors (Lipinski definition) is 1. The van der Waals surface area contributed by atoms with Crippen molar-refractivity contribution < 1.29 is 9.90 Å². The fourth-order valence-corrected chi connectivity index (χ4v) is 2.72. The van der Waals surface area contributed by atoms with Gasteiger partial charge in [0.25, 0.3) is 5.56 Å². The second-order valence-corrected chi connectivity index (χ2v) is 6.26. The van der Waals surface area contributed by atoms with Gasteiger partial charge < -0.3 is 5.11 Å². The number of aromatic nitrogens is 1. The molecule has 0 fully saturated rings. The van der Waals surface area contributed by atoms with Crippen LogP contribution in [-0.2, 0) is 6.54 Å². The predicted octanol–water partition coefficient (Wildman–Crippen LogP) is 2.93. The van der Waals surface area contributed by atoms with Crippen molar-refractivity contribution in [1.29, 1.82) is 5.26 Å². The molecule has 1 N–H and O–H groups in total. The molecule has 0 bridgehead atoms. The van der Waals surface area contributed by atoms with Gasteiger partial charge in [-0.15, -0.1) is 0 Å². The Balaban J connectivity index is 2.79. The van der Waals surface area contributed by atoms with E-state index in [2.05, 4.69) is 0 Å². The first-order valence-corrected chi connectivity index (χ1v) is 7.76. The maximum atomic E-state index is 12.9. The third-order valence-electron chi connectivity index (χ3n) is 3.96. The van der Waals surface area contributed by atoms with Crippen LogP contribution in [0.4, 0.5) is 0 Å². The summed E-state index contributed by atoms with van der Waals surface area (Å²) in [6.45, 7) is 7.33. The minimum Gasteiger partial charge on any atom is -0.494 e. The number of benzene rings is 1. The van der Waals surface area contributed by atoms with E-state index in [-0.39, 0.29) is 35.0 Å². The zero-order chi connectivity index (χ0) is 18.0. The van der Waals surface area contributed by atoms with Crippen LogP contribution in [0.25, 0.3) is 0 Å². The highest BCUT2D eigenvalue weighted by molar-refractivity contribution is 6.12. The van der Waals surface area contributed by atoms with Gasteiger partial charge >= 0.3 is 0 Å². The number of ketones is 1. The third kappa shape index (κ3) is 2.95. The maximum absolute atomic E-state index is 12.9. The lowest BCUT2D eigenvalue weighted by atomic mass is 9.94. The predicted molar refractivity (Wildman–Crippen MR) is 91.3 cm³/mol. The second kappa shape index (κ2) is 6.71. The van der Waals surface area contributed by atoms with Crippen molar-refractivity contribution in [2.75, 3.05) is 0 Å². The molecule has 1 aromatic carbocycles. The molecule has 5 nitrogen and oxygen atoms in total. The number of carbonyl (C=O) groups excluding carboxylic acids is 1. The largest absolute Gasteiger partial charge is 0.494 e. The van der Waals surface area contributed by atoms with Crippen LogP contribution in [-0.4, -0.2) is 15.5 Å². The standard InChI is InChI=1S/C19H20N2O3/c1-11(2)10-21-18(23)15(9-20)13(4)16(19(21)24)17(22)14-8-6-5-7-12(14)3/h5-8,11,24H,10H2,1-4H3. The average molecular weight is 324 g/mol. The molecule has 1 heterocycles. The normalized spacial score (nSPS) is 10.7. The zero-order valence-electron chi connectivity index (χ0n) is 14.3. The van der Waals surface area contributed by atoms with Crippen LogP contribution in [0.5, 0.6) is 5.88 Å². The molecule has 0 saturated heterocycles. The minimum atomic E-state index is -0.567. The number of nitrogens with zero attached hydrogens (tertiary/aromatic N) is 2. The Morgan fingerprint density at radius 3 is 2.46 bits per heavy atom. The summed E-state index contributed by atoms with van der Waals surface area (Å²) in [5.41, 5.74) is 0.762. The zero-order valence-corrected chi connectivity index (χ0v) is 14.3. The van der Waals surface area contributed by atoms with Crippen molar-refractivity contribution in [2.24, 2.45) is 5.92 Å². The van der Waals surface area contributed by atoms with E-state index in [0.717, 1.165) is 10.1 Å². The van der Waals surface area contributed by atoms with Gasteiger partial charge in [-0.1, -0.05) is 38.1 Å². The van der Waals surface area contributed by atoms with Crippen LogP contribution >= 0.6 is 0 Å². The molecule has 0 aliphatic carbocycles. The Morgan fingerprint density at radius 1 is 1.29 bits per heavy atom. The Kier molecular flexibility index (Phi) is 4.89. The molecule has 2 aromatic rings. The van der Waals surface area contributed by atoms with Gasteiger partial charge in [-0.2, -0.15) is 5.26 Å². The van der Waals surface area contributed by atoms with Crippen molar-refractivity contribution in [3.05, 3.63) is 62.4 Å². The van der Waals surface area contributed by atoms with Crippen LogP contribution < -0.4 is 5.56 Å². The van der Waals surface area contributed by atoms with E-state index in [1.54, 1.807) is 25.1 Å². The van der Waals surface area contributed by atoms with E-state index < -0.39 is 11.3 Å². The number of rotatable bonds is 4. The second-order valence-electron chi connectivity index (χ2n) is 6.26. The molecule has 0 radical (unpaired) electrons. The lowest BCUT2D eigenvalue weighted by Gasteiger charge is -2.17.